The second-order valence-electron chi connectivity index (χ2n) is 8.27. The number of rotatable bonds is 0. The fourth-order valence-electron chi connectivity index (χ4n) is 5.36. The number of fused-ring (bicyclic) bond motifs is 1. The normalized spacial score (nSPS) is 51.0. The summed E-state index contributed by atoms with van der Waals surface area (Å²) >= 11 is 0. The zero-order valence-electron chi connectivity index (χ0n) is 12.2. The lowest BCUT2D eigenvalue weighted by atomic mass is 9.48. The van der Waals surface area contributed by atoms with E-state index < -0.39 is 0 Å². The van der Waals surface area contributed by atoms with Gasteiger partial charge < -0.3 is 4.74 Å². The molecule has 0 aromatic carbocycles. The van der Waals surface area contributed by atoms with Crippen LogP contribution in [0.3, 0.4) is 0 Å². The molecule has 2 saturated carbocycles. The molecule has 1 heteroatoms. The van der Waals surface area contributed by atoms with Crippen molar-refractivity contribution in [2.24, 2.45) is 16.7 Å². The van der Waals surface area contributed by atoms with Gasteiger partial charge in [-0.15, -0.1) is 0 Å². The molecule has 98 valence electrons. The molecule has 3 rings (SSSR count). The van der Waals surface area contributed by atoms with E-state index in [0.29, 0.717) is 10.8 Å². The minimum Gasteiger partial charge on any atom is -0.368 e. The fourth-order valence-corrected chi connectivity index (χ4v) is 5.36. The van der Waals surface area contributed by atoms with Gasteiger partial charge in [-0.1, -0.05) is 27.2 Å². The van der Waals surface area contributed by atoms with Crippen LogP contribution in [-0.2, 0) is 4.74 Å². The third-order valence-corrected chi connectivity index (χ3v) is 6.60. The Morgan fingerprint density at radius 1 is 0.941 bits per heavy atom. The van der Waals surface area contributed by atoms with Crippen LogP contribution >= 0.6 is 0 Å². The van der Waals surface area contributed by atoms with Crippen LogP contribution in [-0.4, -0.2) is 11.2 Å². The van der Waals surface area contributed by atoms with Gasteiger partial charge in [-0.2, -0.15) is 0 Å². The number of ether oxygens (including phenoxy) is 1. The molecule has 0 amide bonds. The molecule has 2 aliphatic carbocycles. The summed E-state index contributed by atoms with van der Waals surface area (Å²) in [6.07, 6.45) is 8.17. The minimum absolute atomic E-state index is 0.104. The molecule has 2 bridgehead atoms. The summed E-state index contributed by atoms with van der Waals surface area (Å²) in [6, 6.07) is 0. The summed E-state index contributed by atoms with van der Waals surface area (Å²) in [5, 5.41) is 0. The van der Waals surface area contributed by atoms with Gasteiger partial charge in [0.25, 0.3) is 0 Å². The highest BCUT2D eigenvalue weighted by Crippen LogP contribution is 2.69. The molecule has 0 aromatic rings. The van der Waals surface area contributed by atoms with E-state index in [0.717, 1.165) is 5.92 Å². The summed E-state index contributed by atoms with van der Waals surface area (Å²) in [6.45, 7) is 12.1. The topological polar surface area (TPSA) is 9.23 Å². The third kappa shape index (κ3) is 1.30. The second kappa shape index (κ2) is 3.10. The van der Waals surface area contributed by atoms with Crippen LogP contribution in [0.4, 0.5) is 0 Å². The second-order valence-corrected chi connectivity index (χ2v) is 8.27. The van der Waals surface area contributed by atoms with Gasteiger partial charge in [0.05, 0.1) is 11.2 Å². The Kier molecular flexibility index (Phi) is 2.19. The minimum atomic E-state index is 0.104. The van der Waals surface area contributed by atoms with E-state index in [1.54, 1.807) is 0 Å². The highest BCUT2D eigenvalue weighted by atomic mass is 16.5. The van der Waals surface area contributed by atoms with Gasteiger partial charge in [-0.3, -0.25) is 0 Å². The number of hydrogen-bond donors (Lipinski definition) is 0. The quantitative estimate of drug-likeness (QED) is 0.599. The summed E-state index contributed by atoms with van der Waals surface area (Å²) in [4.78, 5) is 0. The van der Waals surface area contributed by atoms with Crippen molar-refractivity contribution in [2.45, 2.75) is 84.3 Å². The largest absolute Gasteiger partial charge is 0.368 e. The summed E-state index contributed by atoms with van der Waals surface area (Å²) in [5.74, 6) is 0.785. The van der Waals surface area contributed by atoms with Crippen LogP contribution in [0.5, 0.6) is 0 Å². The Balaban J connectivity index is 2.10. The lowest BCUT2D eigenvalue weighted by Crippen LogP contribution is -2.60. The highest BCUT2D eigenvalue weighted by molar-refractivity contribution is 5.17. The molecule has 0 N–H and O–H groups in total. The molecule has 17 heavy (non-hydrogen) atoms. The van der Waals surface area contributed by atoms with E-state index >= 15 is 0 Å². The molecule has 1 saturated heterocycles. The Morgan fingerprint density at radius 2 is 1.65 bits per heavy atom. The molecule has 3 fully saturated rings. The average molecular weight is 236 g/mol. The lowest BCUT2D eigenvalue weighted by molar-refractivity contribution is -0.226. The predicted octanol–water partition coefficient (Wildman–Crippen LogP) is 4.55. The van der Waals surface area contributed by atoms with Crippen LogP contribution in [0.2, 0.25) is 0 Å². The molecular formula is C16H28O. The zero-order valence-corrected chi connectivity index (χ0v) is 12.2. The van der Waals surface area contributed by atoms with E-state index in [9.17, 15) is 0 Å². The van der Waals surface area contributed by atoms with Gasteiger partial charge in [0.15, 0.2) is 0 Å². The predicted molar refractivity (Wildman–Crippen MR) is 71.0 cm³/mol. The molecule has 0 aromatic heterocycles. The molecule has 1 unspecified atom stereocenters. The van der Waals surface area contributed by atoms with E-state index in [1.807, 2.05) is 0 Å². The fraction of sp³-hybridized carbons (Fsp3) is 1.00. The van der Waals surface area contributed by atoms with Gasteiger partial charge >= 0.3 is 0 Å². The molecule has 1 spiro atoms. The molecular weight excluding hydrogens is 208 g/mol. The van der Waals surface area contributed by atoms with Crippen molar-refractivity contribution in [2.75, 3.05) is 0 Å². The first kappa shape index (κ1) is 12.0. The molecule has 1 nitrogen and oxygen atoms in total. The van der Waals surface area contributed by atoms with E-state index in [2.05, 4.69) is 34.6 Å². The third-order valence-electron chi connectivity index (χ3n) is 6.60. The van der Waals surface area contributed by atoms with Gasteiger partial charge in [0, 0.05) is 0 Å². The van der Waals surface area contributed by atoms with Crippen LogP contribution < -0.4 is 0 Å². The van der Waals surface area contributed by atoms with E-state index in [-0.39, 0.29) is 11.2 Å². The van der Waals surface area contributed by atoms with Crippen LogP contribution in [0.1, 0.15) is 73.1 Å². The van der Waals surface area contributed by atoms with Gasteiger partial charge in [-0.25, -0.2) is 0 Å². The first-order chi connectivity index (χ1) is 7.73. The summed E-state index contributed by atoms with van der Waals surface area (Å²) in [7, 11) is 0. The lowest BCUT2D eigenvalue weighted by Gasteiger charge is -2.60. The van der Waals surface area contributed by atoms with Crippen molar-refractivity contribution in [3.05, 3.63) is 0 Å². The zero-order chi connectivity index (χ0) is 12.5. The van der Waals surface area contributed by atoms with E-state index in [1.165, 1.54) is 38.5 Å². The van der Waals surface area contributed by atoms with Crippen molar-refractivity contribution in [1.82, 2.24) is 0 Å². The maximum absolute atomic E-state index is 6.78. The maximum Gasteiger partial charge on any atom is 0.0797 e. The number of hydrogen-bond acceptors (Lipinski definition) is 1. The standard InChI is InChI=1S/C16H28O/c1-13(2)8-6-9-15(5)10-7-12-11-16(13,15)17-14(12,3)4/h12H,6-11H2,1-5H3/t12-,15+,16?/m1/s1. The molecule has 3 atom stereocenters. The van der Waals surface area contributed by atoms with Crippen LogP contribution in [0.25, 0.3) is 0 Å². The first-order valence-corrected chi connectivity index (χ1v) is 7.43. The Hall–Kier alpha value is -0.0400. The van der Waals surface area contributed by atoms with Gasteiger partial charge in [0.1, 0.15) is 0 Å². The smallest absolute Gasteiger partial charge is 0.0797 e. The highest BCUT2D eigenvalue weighted by Gasteiger charge is 2.68. The van der Waals surface area contributed by atoms with Crippen molar-refractivity contribution in [1.29, 1.82) is 0 Å². The van der Waals surface area contributed by atoms with Crippen molar-refractivity contribution < 1.29 is 4.74 Å². The van der Waals surface area contributed by atoms with Crippen molar-refractivity contribution in [3.8, 4) is 0 Å². The van der Waals surface area contributed by atoms with Crippen LogP contribution in [0, 0.1) is 16.7 Å². The SMILES string of the molecule is CC1(C)OC23C[C@H]1CC[C@]2(C)CCCC3(C)C. The van der Waals surface area contributed by atoms with E-state index in [4.69, 9.17) is 4.74 Å². The van der Waals surface area contributed by atoms with Gasteiger partial charge in [-0.05, 0) is 62.7 Å². The van der Waals surface area contributed by atoms with Crippen molar-refractivity contribution >= 4 is 0 Å². The molecule has 0 radical (unpaired) electrons. The summed E-state index contributed by atoms with van der Waals surface area (Å²) < 4.78 is 6.78. The Labute approximate surface area is 106 Å². The van der Waals surface area contributed by atoms with Gasteiger partial charge in [0.2, 0.25) is 0 Å². The average Bonchev–Trinajstić information content (AvgIpc) is 2.42. The Bertz CT molecular complexity index is 343. The van der Waals surface area contributed by atoms with Crippen LogP contribution in [0.15, 0.2) is 0 Å². The molecule has 3 aliphatic rings. The first-order valence-electron chi connectivity index (χ1n) is 7.43. The maximum atomic E-state index is 6.78. The monoisotopic (exact) mass is 236 g/mol. The molecule has 1 aliphatic heterocycles. The Morgan fingerprint density at radius 3 is 2.35 bits per heavy atom. The molecule has 1 heterocycles. The van der Waals surface area contributed by atoms with Crippen molar-refractivity contribution in [3.63, 3.8) is 0 Å². The summed E-state index contributed by atoms with van der Waals surface area (Å²) in [5.41, 5.74) is 1.04.